The van der Waals surface area contributed by atoms with Crippen molar-refractivity contribution < 1.29 is 47.2 Å². The van der Waals surface area contributed by atoms with Gasteiger partial charge in [-0.1, -0.05) is 0 Å². The first-order valence-corrected chi connectivity index (χ1v) is 16.6. The van der Waals surface area contributed by atoms with Gasteiger partial charge in [0.25, 0.3) is 0 Å². The molecule has 2 aromatic carbocycles. The van der Waals surface area contributed by atoms with Crippen LogP contribution in [0.2, 0.25) is 13.1 Å². The Kier molecular flexibility index (Phi) is 9.57. The predicted octanol–water partition coefficient (Wildman–Crippen LogP) is 0.667. The molecule has 0 aromatic heterocycles. The molecule has 0 fully saturated rings. The maximum absolute atomic E-state index is 2.50. The number of hydrogen-bond acceptors (Lipinski definition) is 0. The van der Waals surface area contributed by atoms with Crippen LogP contribution in [0.15, 0.2) is 48.0 Å². The van der Waals surface area contributed by atoms with E-state index in [9.17, 15) is 0 Å². The molecular weight excluding hydrogens is 454 g/mol. The van der Waals surface area contributed by atoms with E-state index in [1.807, 2.05) is 0 Å². The fourth-order valence-electron chi connectivity index (χ4n) is 3.51. The number of hydrogen-bond donors (Lipinski definition) is 0. The van der Waals surface area contributed by atoms with Gasteiger partial charge in [0.05, 0.1) is 0 Å². The molecule has 0 aliphatic heterocycles. The first-order valence-electron chi connectivity index (χ1n) is 8.99. The smallest absolute Gasteiger partial charge is 1.00 e. The van der Waals surface area contributed by atoms with E-state index in [0.717, 1.165) is 3.63 Å². The zero-order chi connectivity index (χ0) is 17.3. The Morgan fingerprint density at radius 3 is 2.27 bits per heavy atom. The number of allylic oxidation sites excluding steroid dienone is 1. The Hall–Kier alpha value is -0.140. The maximum atomic E-state index is 2.50. The number of fused-ring (bicyclic) bond motifs is 1. The Morgan fingerprint density at radius 2 is 1.69 bits per heavy atom. The van der Waals surface area contributed by atoms with Crippen LogP contribution in [-0.4, -0.2) is 5.92 Å². The molecule has 1 radical (unpaired) electrons. The third-order valence-corrected chi connectivity index (χ3v) is 14.3. The van der Waals surface area contributed by atoms with Crippen LogP contribution in [0.1, 0.15) is 53.4 Å². The van der Waals surface area contributed by atoms with Crippen molar-refractivity contribution >= 4 is 12.0 Å². The van der Waals surface area contributed by atoms with Gasteiger partial charge < -0.3 is 24.8 Å². The fourth-order valence-corrected chi connectivity index (χ4v) is 12.4. The van der Waals surface area contributed by atoms with E-state index in [2.05, 4.69) is 82.4 Å². The molecule has 0 saturated carbocycles. The summed E-state index contributed by atoms with van der Waals surface area (Å²) in [4.78, 5) is 0. The predicted molar refractivity (Wildman–Crippen MR) is 104 cm³/mol. The third kappa shape index (κ3) is 5.02. The van der Waals surface area contributed by atoms with E-state index in [4.69, 9.17) is 0 Å². The van der Waals surface area contributed by atoms with Crippen molar-refractivity contribution in [2.45, 2.75) is 49.8 Å². The van der Waals surface area contributed by atoms with E-state index in [0.29, 0.717) is 5.92 Å². The second-order valence-corrected chi connectivity index (χ2v) is 20.4. The fraction of sp³-hybridized carbons (Fsp3) is 0.364. The molecule has 26 heavy (non-hydrogen) atoms. The largest absolute Gasteiger partial charge is 1.00 e. The molecule has 0 bridgehead atoms. The van der Waals surface area contributed by atoms with Crippen molar-refractivity contribution in [2.75, 3.05) is 0 Å². The minimum absolute atomic E-state index is 0. The molecule has 0 heterocycles. The normalized spacial score (nSPS) is 16.1. The van der Waals surface area contributed by atoms with Crippen molar-refractivity contribution in [3.63, 3.8) is 0 Å². The molecule has 0 amide bonds. The van der Waals surface area contributed by atoms with Gasteiger partial charge >= 0.3 is 160 Å². The summed E-state index contributed by atoms with van der Waals surface area (Å²) in [7, 11) is 0. The maximum Gasteiger partial charge on any atom is -1.00 e. The van der Waals surface area contributed by atoms with Crippen molar-refractivity contribution in [1.82, 2.24) is 0 Å². The summed E-state index contributed by atoms with van der Waals surface area (Å²) in [6.45, 7) is 11.9. The minimum Gasteiger partial charge on any atom is -1.00 e. The van der Waals surface area contributed by atoms with Crippen LogP contribution in [0, 0.1) is 0 Å². The van der Waals surface area contributed by atoms with Crippen LogP contribution < -0.4 is 24.8 Å². The topological polar surface area (TPSA) is 0 Å². The Bertz CT molecular complexity index is 753. The van der Waals surface area contributed by atoms with Gasteiger partial charge in [-0.3, -0.25) is 0 Å². The molecule has 0 spiro atoms. The number of halogens is 2. The molecule has 2 unspecified atom stereocenters. The molecule has 2 atom stereocenters. The van der Waals surface area contributed by atoms with Gasteiger partial charge in [-0.25, -0.2) is 0 Å². The van der Waals surface area contributed by atoms with Gasteiger partial charge in [0.2, 0.25) is 0 Å². The van der Waals surface area contributed by atoms with Crippen LogP contribution in [0.4, 0.5) is 0 Å². The number of benzene rings is 2. The monoisotopic (exact) mass is 479 g/mol. The van der Waals surface area contributed by atoms with Crippen LogP contribution in [0.3, 0.4) is 0 Å². The van der Waals surface area contributed by atoms with Crippen LogP contribution in [0.5, 0.6) is 0 Å². The van der Waals surface area contributed by atoms with E-state index >= 15 is 0 Å². The first kappa shape index (κ1) is 23.9. The van der Waals surface area contributed by atoms with E-state index < -0.39 is 0 Å². The molecular formula is C22H27Cl2SiZr. The van der Waals surface area contributed by atoms with Crippen LogP contribution in [-0.2, 0) is 22.4 Å². The Labute approximate surface area is 183 Å². The molecule has 137 valence electrons. The van der Waals surface area contributed by atoms with Gasteiger partial charge in [-0.05, 0) is 0 Å². The van der Waals surface area contributed by atoms with Crippen LogP contribution >= 0.6 is 0 Å². The van der Waals surface area contributed by atoms with Gasteiger partial charge in [-0.15, -0.1) is 0 Å². The standard InChI is InChI=1S/C20H21.C2H6Si.2ClH.Zr/c1-4-15(3)16-8-10-17(11-9-16)19-7-5-6-18-12-14(2)13-20(18)19;1-3-2;;;/h5-13,15H,4H2,1-3H3;1-2H3;2*1H;/q;;;;+2/p-2. The summed E-state index contributed by atoms with van der Waals surface area (Å²) < 4.78 is 0.812. The van der Waals surface area contributed by atoms with Crippen molar-refractivity contribution in [3.05, 3.63) is 64.7 Å². The molecule has 0 nitrogen and oxygen atoms in total. The van der Waals surface area contributed by atoms with Crippen molar-refractivity contribution in [3.8, 4) is 11.1 Å². The van der Waals surface area contributed by atoms with Gasteiger partial charge in [-0.2, -0.15) is 0 Å². The van der Waals surface area contributed by atoms with E-state index in [-0.39, 0.29) is 53.1 Å². The molecule has 1 aliphatic rings. The molecule has 0 saturated heterocycles. The zero-order valence-electron chi connectivity index (χ0n) is 16.2. The van der Waals surface area contributed by atoms with Crippen LogP contribution in [0.25, 0.3) is 17.2 Å². The Morgan fingerprint density at radius 1 is 1.04 bits per heavy atom. The summed E-state index contributed by atoms with van der Waals surface area (Å²) >= 11 is -0.321. The summed E-state index contributed by atoms with van der Waals surface area (Å²) in [5.74, 6) is 0.590. The first-order chi connectivity index (χ1) is 11.5. The summed E-state index contributed by atoms with van der Waals surface area (Å²) in [6.07, 6.45) is 3.68. The number of rotatable bonds is 5. The SMILES string of the molecule is CCC(C)c1ccc(-c2cccc3c2C=C(C)[CH]3[Zr+2][Si](C)C)cc1.[Cl-].[Cl-]. The molecule has 1 aliphatic carbocycles. The van der Waals surface area contributed by atoms with Crippen molar-refractivity contribution in [2.24, 2.45) is 0 Å². The van der Waals surface area contributed by atoms with E-state index in [1.165, 1.54) is 28.7 Å². The average Bonchev–Trinajstić information content (AvgIpc) is 2.89. The summed E-state index contributed by atoms with van der Waals surface area (Å²) in [6, 6.07) is 16.2. The van der Waals surface area contributed by atoms with E-state index in [1.54, 1.807) is 11.1 Å². The molecule has 2 aromatic rings. The Balaban J connectivity index is 0.00000169. The quantitative estimate of drug-likeness (QED) is 0.551. The summed E-state index contributed by atoms with van der Waals surface area (Å²) in [5, 5.41) is 0. The van der Waals surface area contributed by atoms with Gasteiger partial charge in [0, 0.05) is 0 Å². The second kappa shape index (κ2) is 10.4. The summed E-state index contributed by atoms with van der Waals surface area (Å²) in [5.41, 5.74) is 8.98. The van der Waals surface area contributed by atoms with Crippen molar-refractivity contribution in [1.29, 1.82) is 0 Å². The molecule has 0 N–H and O–H groups in total. The zero-order valence-corrected chi connectivity index (χ0v) is 21.2. The van der Waals surface area contributed by atoms with Gasteiger partial charge in [0.15, 0.2) is 0 Å². The van der Waals surface area contributed by atoms with Gasteiger partial charge in [0.1, 0.15) is 0 Å². The molecule has 3 rings (SSSR count). The average molecular weight is 482 g/mol. The second-order valence-electron chi connectivity index (χ2n) is 7.21. The third-order valence-electron chi connectivity index (χ3n) is 5.11. The minimum atomic E-state index is -0.321. The molecule has 4 heteroatoms.